The summed E-state index contributed by atoms with van der Waals surface area (Å²) in [6, 6.07) is 2.84. The van der Waals surface area contributed by atoms with Crippen molar-refractivity contribution in [3.8, 4) is 0 Å². The molecule has 0 atom stereocenters. The Morgan fingerprint density at radius 2 is 0.645 bits per heavy atom. The van der Waals surface area contributed by atoms with Crippen LogP contribution in [0.4, 0.5) is 0 Å². The molecule has 0 saturated heterocycles. The van der Waals surface area contributed by atoms with Crippen LogP contribution in [0.1, 0.15) is 155 Å². The first-order valence-corrected chi connectivity index (χ1v) is 15.7. The Labute approximate surface area is 205 Å². The van der Waals surface area contributed by atoms with Crippen LogP contribution in [0.5, 0.6) is 0 Å². The van der Waals surface area contributed by atoms with E-state index in [4.69, 9.17) is 0 Å². The summed E-state index contributed by atoms with van der Waals surface area (Å²) in [5, 5.41) is 0. The lowest BCUT2D eigenvalue weighted by atomic mass is 10.1. The van der Waals surface area contributed by atoms with E-state index in [2.05, 4.69) is 28.7 Å². The van der Waals surface area contributed by atoms with E-state index >= 15 is 0 Å². The monoisotopic (exact) mass is 470 g/mol. The fourth-order valence-corrected chi connectivity index (χ4v) is 4.93. The Morgan fingerprint density at radius 3 is 0.935 bits per heavy atom. The topological polar surface area (TPSA) is 24.7 Å². The number of unbranched alkanes of at least 4 members (excludes halogenated alkanes) is 20. The van der Waals surface area contributed by atoms with Gasteiger partial charge in [0, 0.05) is 11.5 Å². The minimum atomic E-state index is 1.11. The summed E-state index contributed by atoms with van der Waals surface area (Å²) in [6.45, 7) is 4.58. The zero-order valence-corrected chi connectivity index (χ0v) is 22.8. The molecule has 184 valence electrons. The maximum absolute atomic E-state index is 4.23. The van der Waals surface area contributed by atoms with Gasteiger partial charge in [-0.3, -0.25) is 0 Å². The van der Waals surface area contributed by atoms with Crippen LogP contribution in [0.15, 0.2) is 8.80 Å². The number of hydrogen-bond acceptors (Lipinski definition) is 4. The summed E-state index contributed by atoms with van der Waals surface area (Å²) in [4.78, 5) is 0. The lowest BCUT2D eigenvalue weighted by Gasteiger charge is -2.01. The van der Waals surface area contributed by atoms with Crippen LogP contribution in [0, 0.1) is 0 Å². The zero-order valence-electron chi connectivity index (χ0n) is 21.2. The molecule has 0 spiro atoms. The van der Waals surface area contributed by atoms with E-state index in [1.807, 2.05) is 0 Å². The Bertz CT molecular complexity index is 349. The first kappa shape index (κ1) is 31.1. The fourth-order valence-electron chi connectivity index (χ4n) is 3.83. The molecular weight excluding hydrogens is 416 g/mol. The highest BCUT2D eigenvalue weighted by atomic mass is 32.2. The van der Waals surface area contributed by atoms with E-state index in [0.29, 0.717) is 0 Å². The lowest BCUT2D eigenvalue weighted by Crippen LogP contribution is -1.83. The third-order valence-electron chi connectivity index (χ3n) is 5.89. The van der Waals surface area contributed by atoms with Crippen molar-refractivity contribution in [2.45, 2.75) is 155 Å². The first-order chi connectivity index (χ1) is 15.4. The first-order valence-electron chi connectivity index (χ1n) is 13.8. The van der Waals surface area contributed by atoms with Crippen LogP contribution in [-0.2, 0) is 0 Å². The molecule has 0 unspecified atom stereocenters. The van der Waals surface area contributed by atoms with Crippen molar-refractivity contribution in [2.75, 3.05) is 11.5 Å². The molecule has 0 radical (unpaired) electrons. The molecule has 2 nitrogen and oxygen atoms in total. The molecule has 4 heteroatoms. The molecule has 0 aliphatic carbocycles. The van der Waals surface area contributed by atoms with Crippen LogP contribution in [-0.4, -0.2) is 17.5 Å². The average Bonchev–Trinajstić information content (AvgIpc) is 2.78. The molecule has 0 aromatic heterocycles. The van der Waals surface area contributed by atoms with Crippen LogP contribution < -0.4 is 0 Å². The zero-order chi connectivity index (χ0) is 22.5. The normalized spacial score (nSPS) is 10.9. The quantitative estimate of drug-likeness (QED) is 0.0713. The van der Waals surface area contributed by atoms with E-state index in [1.165, 1.54) is 141 Å². The van der Waals surface area contributed by atoms with E-state index in [9.17, 15) is 0 Å². The third kappa shape index (κ3) is 30.1. The van der Waals surface area contributed by atoms with Crippen LogP contribution in [0.25, 0.3) is 0 Å². The van der Waals surface area contributed by atoms with Gasteiger partial charge >= 0.3 is 0 Å². The van der Waals surface area contributed by atoms with E-state index < -0.39 is 0 Å². The van der Waals surface area contributed by atoms with Gasteiger partial charge in [-0.25, -0.2) is 0 Å². The second-order valence-electron chi connectivity index (χ2n) is 9.02. The molecular formula is C27H54N2S2. The van der Waals surface area contributed by atoms with Crippen molar-refractivity contribution >= 4 is 29.9 Å². The minimum absolute atomic E-state index is 1.11. The molecule has 0 aromatic rings. The van der Waals surface area contributed by atoms with Gasteiger partial charge < -0.3 is 0 Å². The SMILES string of the molecule is CCCCCCCCCCCCCSN=C=NSCCCCCCCCCCCCC. The predicted molar refractivity (Wildman–Crippen MR) is 148 cm³/mol. The molecule has 0 heterocycles. The second kappa shape index (κ2) is 30.1. The number of hydrogen-bond donors (Lipinski definition) is 0. The van der Waals surface area contributed by atoms with Gasteiger partial charge in [-0.15, -0.1) is 0 Å². The predicted octanol–water partition coefficient (Wildman–Crippen LogP) is 11.1. The van der Waals surface area contributed by atoms with Gasteiger partial charge in [-0.2, -0.15) is 8.80 Å². The molecule has 0 N–H and O–H groups in total. The highest BCUT2D eigenvalue weighted by molar-refractivity contribution is 7.98. The summed E-state index contributed by atoms with van der Waals surface area (Å²) in [5.41, 5.74) is 0. The highest BCUT2D eigenvalue weighted by Crippen LogP contribution is 2.14. The summed E-state index contributed by atoms with van der Waals surface area (Å²) < 4.78 is 8.46. The lowest BCUT2D eigenvalue weighted by molar-refractivity contribution is 0.555. The van der Waals surface area contributed by atoms with E-state index in [0.717, 1.165) is 11.5 Å². The maximum Gasteiger partial charge on any atom is 0.114 e. The van der Waals surface area contributed by atoms with Crippen LogP contribution >= 0.6 is 23.9 Å². The second-order valence-corrected chi connectivity index (χ2v) is 10.7. The molecule has 31 heavy (non-hydrogen) atoms. The van der Waals surface area contributed by atoms with Gasteiger partial charge in [0.05, 0.1) is 0 Å². The Hall–Kier alpha value is 0.0800. The Kier molecular flexibility index (Phi) is 30.2. The van der Waals surface area contributed by atoms with Gasteiger partial charge in [-0.05, 0) is 36.7 Å². The molecule has 0 aromatic carbocycles. The van der Waals surface area contributed by atoms with E-state index in [-0.39, 0.29) is 0 Å². The van der Waals surface area contributed by atoms with Gasteiger partial charge in [0.2, 0.25) is 0 Å². The Morgan fingerprint density at radius 1 is 0.387 bits per heavy atom. The molecule has 0 bridgehead atoms. The summed E-state index contributed by atoms with van der Waals surface area (Å²) in [6.07, 6.45) is 30.8. The van der Waals surface area contributed by atoms with E-state index in [1.54, 1.807) is 23.9 Å². The molecule has 0 amide bonds. The van der Waals surface area contributed by atoms with Crippen LogP contribution in [0.2, 0.25) is 0 Å². The summed E-state index contributed by atoms with van der Waals surface area (Å²) in [7, 11) is 0. The summed E-state index contributed by atoms with van der Waals surface area (Å²) in [5.74, 6) is 2.23. The molecule has 0 aliphatic heterocycles. The smallest absolute Gasteiger partial charge is 0.114 e. The third-order valence-corrected chi connectivity index (χ3v) is 7.25. The van der Waals surface area contributed by atoms with Gasteiger partial charge in [0.25, 0.3) is 0 Å². The van der Waals surface area contributed by atoms with Gasteiger partial charge in [0.15, 0.2) is 0 Å². The van der Waals surface area contributed by atoms with Crippen molar-refractivity contribution in [1.82, 2.24) is 0 Å². The van der Waals surface area contributed by atoms with Crippen molar-refractivity contribution in [1.29, 1.82) is 0 Å². The van der Waals surface area contributed by atoms with Gasteiger partial charge in [-0.1, -0.05) is 142 Å². The molecule has 0 aliphatic rings. The van der Waals surface area contributed by atoms with Crippen molar-refractivity contribution in [3.05, 3.63) is 0 Å². The van der Waals surface area contributed by atoms with Crippen LogP contribution in [0.3, 0.4) is 0 Å². The molecule has 0 fully saturated rings. The largest absolute Gasteiger partial charge is 0.153 e. The Balaban J connectivity index is 3.15. The molecule has 0 rings (SSSR count). The number of nitrogens with zero attached hydrogens (tertiary/aromatic N) is 2. The highest BCUT2D eigenvalue weighted by Gasteiger charge is 1.94. The maximum atomic E-state index is 4.23. The average molecular weight is 471 g/mol. The van der Waals surface area contributed by atoms with Crippen molar-refractivity contribution in [2.24, 2.45) is 8.80 Å². The van der Waals surface area contributed by atoms with Crippen molar-refractivity contribution in [3.63, 3.8) is 0 Å². The standard InChI is InChI=1S/C27H54N2S2/c1-3-5-7-9-11-13-15-17-19-21-23-25-30-28-27-29-31-26-24-22-20-18-16-14-12-10-8-6-4-2/h3-26H2,1-2H3. The number of rotatable bonds is 26. The van der Waals surface area contributed by atoms with Gasteiger partial charge in [0.1, 0.15) is 6.01 Å². The fraction of sp³-hybridized carbons (Fsp3) is 0.963. The van der Waals surface area contributed by atoms with Crippen molar-refractivity contribution < 1.29 is 0 Å². The minimum Gasteiger partial charge on any atom is -0.153 e. The molecule has 0 saturated carbocycles. The summed E-state index contributed by atoms with van der Waals surface area (Å²) >= 11 is 3.25.